The smallest absolute Gasteiger partial charge is 0.410 e. The summed E-state index contributed by atoms with van der Waals surface area (Å²) in [5.41, 5.74) is 3.22. The number of quaternary nitrogens is 1. The zero-order valence-corrected chi connectivity index (χ0v) is 24.7. The molecule has 3 aliphatic heterocycles. The maximum atomic E-state index is 13.8. The van der Waals surface area contributed by atoms with Crippen molar-refractivity contribution >= 4 is 60.4 Å². The van der Waals surface area contributed by atoms with Crippen LogP contribution in [0.1, 0.15) is 30.9 Å². The number of nitrogens with two attached hydrogens (primary N) is 1. The molecule has 4 radical (unpaired) electrons. The highest BCUT2D eigenvalue weighted by Crippen LogP contribution is 2.29. The second-order valence-electron chi connectivity index (χ2n) is 12.2. The molecule has 0 bridgehead atoms. The molecule has 4 heterocycles. The van der Waals surface area contributed by atoms with E-state index in [0.717, 1.165) is 47.1 Å². The number of H-pyrrole nitrogens is 1. The van der Waals surface area contributed by atoms with E-state index < -0.39 is 12.2 Å². The van der Waals surface area contributed by atoms with Crippen LogP contribution in [0, 0.1) is 0 Å². The average Bonchev–Trinajstić information content (AvgIpc) is 3.62. The van der Waals surface area contributed by atoms with E-state index in [1.807, 2.05) is 51.9 Å². The van der Waals surface area contributed by atoms with E-state index in [2.05, 4.69) is 15.2 Å². The van der Waals surface area contributed by atoms with Crippen LogP contribution in [0.2, 0.25) is 0 Å². The van der Waals surface area contributed by atoms with Crippen molar-refractivity contribution in [1.82, 2.24) is 24.3 Å². The Balaban J connectivity index is 1.05. The maximum Gasteiger partial charge on any atom is 0.410 e. The van der Waals surface area contributed by atoms with Gasteiger partial charge in [0, 0.05) is 50.1 Å². The van der Waals surface area contributed by atoms with E-state index in [9.17, 15) is 14.4 Å². The first-order valence-corrected chi connectivity index (χ1v) is 15.4. The molecule has 3 aromatic carbocycles. The third-order valence-corrected chi connectivity index (χ3v) is 9.51. The topological polar surface area (TPSA) is 107 Å². The minimum Gasteiger partial charge on any atom is -0.436 e. The highest BCUT2D eigenvalue weighted by Gasteiger charge is 2.39. The zero-order valence-electron chi connectivity index (χ0n) is 24.7. The molecule has 44 heavy (non-hydrogen) atoms. The van der Waals surface area contributed by atoms with Gasteiger partial charge in [0.05, 0.1) is 11.0 Å². The molecule has 2 atom stereocenters. The summed E-state index contributed by atoms with van der Waals surface area (Å²) in [6, 6.07) is 17.5. The van der Waals surface area contributed by atoms with Gasteiger partial charge in [0.25, 0.3) is 5.91 Å². The summed E-state index contributed by atoms with van der Waals surface area (Å²) in [6.07, 6.45) is 0.824. The number of fused-ring (bicyclic) bond motifs is 3. The fraction of sp³-hybridized carbons (Fsp3) is 0.406. The Morgan fingerprint density at radius 1 is 0.932 bits per heavy atom. The van der Waals surface area contributed by atoms with E-state index in [1.54, 1.807) is 17.0 Å². The lowest BCUT2D eigenvalue weighted by molar-refractivity contribution is -0.761. The van der Waals surface area contributed by atoms with Crippen molar-refractivity contribution in [3.63, 3.8) is 0 Å². The number of aromatic nitrogens is 2. The second kappa shape index (κ2) is 11.8. The van der Waals surface area contributed by atoms with Crippen LogP contribution in [0.15, 0.2) is 59.4 Å². The normalized spacial score (nSPS) is 20.2. The number of hydrogen-bond acceptors (Lipinski definition) is 5. The van der Waals surface area contributed by atoms with Crippen LogP contribution in [0.3, 0.4) is 0 Å². The molecule has 222 valence electrons. The molecule has 3 aliphatic rings. The van der Waals surface area contributed by atoms with Gasteiger partial charge >= 0.3 is 11.8 Å². The Labute approximate surface area is 258 Å². The first-order valence-electron chi connectivity index (χ1n) is 15.4. The Bertz CT molecular complexity index is 1780. The molecular formula is C32H35B2N6O4+. The van der Waals surface area contributed by atoms with E-state index in [0.29, 0.717) is 56.0 Å². The molecule has 12 heteroatoms. The van der Waals surface area contributed by atoms with Gasteiger partial charge in [-0.25, -0.2) is 14.5 Å². The molecule has 2 amide bonds. The van der Waals surface area contributed by atoms with Crippen LogP contribution in [0.5, 0.6) is 0 Å². The Morgan fingerprint density at radius 3 is 2.43 bits per heavy atom. The van der Waals surface area contributed by atoms with Gasteiger partial charge in [0.1, 0.15) is 29.0 Å². The number of carbonyl (C=O) groups is 2. The molecule has 3 N–H and O–H groups in total. The van der Waals surface area contributed by atoms with Gasteiger partial charge in [-0.3, -0.25) is 9.36 Å². The molecule has 2 unspecified atom stereocenters. The van der Waals surface area contributed by atoms with Gasteiger partial charge in [0.15, 0.2) is 6.10 Å². The largest absolute Gasteiger partial charge is 0.436 e. The Morgan fingerprint density at radius 2 is 1.68 bits per heavy atom. The molecule has 0 saturated carbocycles. The number of carbonyl (C=O) groups excluding carboxylic acids is 2. The lowest BCUT2D eigenvalue weighted by Gasteiger charge is -2.34. The summed E-state index contributed by atoms with van der Waals surface area (Å²) >= 11 is 0. The highest BCUT2D eigenvalue weighted by molar-refractivity contribution is 6.48. The molecule has 7 rings (SSSR count). The lowest BCUT2D eigenvalue weighted by Crippen LogP contribution is -3.01. The summed E-state index contributed by atoms with van der Waals surface area (Å²) in [5.74, 6) is -0.187. The fourth-order valence-electron chi connectivity index (χ4n) is 6.90. The first-order chi connectivity index (χ1) is 21.4. The molecule has 3 saturated heterocycles. The summed E-state index contributed by atoms with van der Waals surface area (Å²) in [7, 11) is 11.9. The van der Waals surface area contributed by atoms with Crippen molar-refractivity contribution in [2.75, 3.05) is 39.5 Å². The van der Waals surface area contributed by atoms with Crippen LogP contribution in [-0.4, -0.2) is 104 Å². The van der Waals surface area contributed by atoms with Crippen molar-refractivity contribution in [3.05, 3.63) is 70.6 Å². The van der Waals surface area contributed by atoms with Crippen LogP contribution in [-0.2, 0) is 16.0 Å². The predicted octanol–water partition coefficient (Wildman–Crippen LogP) is -0.150. The van der Waals surface area contributed by atoms with Crippen LogP contribution in [0.4, 0.5) is 4.79 Å². The second-order valence-corrected chi connectivity index (χ2v) is 12.2. The quantitative estimate of drug-likeness (QED) is 0.305. The van der Waals surface area contributed by atoms with Gasteiger partial charge < -0.3 is 24.8 Å². The molecule has 4 aromatic rings. The number of imidazole rings is 1. The molecule has 0 aliphatic carbocycles. The number of aromatic amines is 1. The van der Waals surface area contributed by atoms with E-state index in [1.165, 1.54) is 0 Å². The van der Waals surface area contributed by atoms with E-state index in [4.69, 9.17) is 20.4 Å². The summed E-state index contributed by atoms with van der Waals surface area (Å²) in [6.45, 7) is 4.01. The van der Waals surface area contributed by atoms with E-state index >= 15 is 0 Å². The van der Waals surface area contributed by atoms with E-state index in [-0.39, 0.29) is 24.1 Å². The van der Waals surface area contributed by atoms with Crippen LogP contribution >= 0.6 is 0 Å². The third kappa shape index (κ3) is 5.41. The van der Waals surface area contributed by atoms with Gasteiger partial charge in [-0.05, 0) is 36.3 Å². The number of likely N-dealkylation sites (tertiary alicyclic amines) is 2. The van der Waals surface area contributed by atoms with Crippen molar-refractivity contribution < 1.29 is 19.6 Å². The predicted molar refractivity (Wildman–Crippen MR) is 170 cm³/mol. The molecular weight excluding hydrogens is 554 g/mol. The van der Waals surface area contributed by atoms with Gasteiger partial charge in [-0.1, -0.05) is 48.5 Å². The zero-order chi connectivity index (χ0) is 30.4. The average molecular weight is 589 g/mol. The van der Waals surface area contributed by atoms with Gasteiger partial charge in [0.2, 0.25) is 0 Å². The molecule has 1 aromatic heterocycles. The minimum atomic E-state index is -0.977. The Kier molecular flexibility index (Phi) is 7.72. The van der Waals surface area contributed by atoms with Crippen LogP contribution in [0.25, 0.3) is 21.8 Å². The van der Waals surface area contributed by atoms with Crippen molar-refractivity contribution in [3.8, 4) is 0 Å². The van der Waals surface area contributed by atoms with Gasteiger partial charge in [-0.2, -0.15) is 0 Å². The Hall–Kier alpha value is -4.02. The third-order valence-electron chi connectivity index (χ3n) is 9.51. The number of rotatable bonds is 6. The fourth-order valence-corrected chi connectivity index (χ4v) is 6.90. The number of piperidine rings is 1. The number of nitrogens with one attached hydrogen (secondary N) is 1. The van der Waals surface area contributed by atoms with Crippen molar-refractivity contribution in [2.45, 2.75) is 43.9 Å². The number of amides is 2. The number of hydrogen-bond donors (Lipinski definition) is 2. The first kappa shape index (κ1) is 28.7. The SMILES string of the molecule is [B]c1ccc(CC(OC(=O)N2CCC(n3c(=O)[nH]c4c5ccccc5ccc43)CC2)C(=O)N2CCC(N3C[NH2+]C3)C2)cc1[B]. The monoisotopic (exact) mass is 589 g/mol. The number of nitrogens with zero attached hydrogens (tertiary/aromatic N) is 4. The van der Waals surface area contributed by atoms with Gasteiger partial charge in [-0.15, -0.1) is 10.9 Å². The molecule has 0 spiro atoms. The van der Waals surface area contributed by atoms with Crippen molar-refractivity contribution in [1.29, 1.82) is 0 Å². The molecule has 3 fully saturated rings. The number of benzene rings is 3. The minimum absolute atomic E-state index is 0.0584. The summed E-state index contributed by atoms with van der Waals surface area (Å²) < 4.78 is 7.79. The molecule has 10 nitrogen and oxygen atoms in total. The highest BCUT2D eigenvalue weighted by atomic mass is 16.6. The van der Waals surface area contributed by atoms with Crippen LogP contribution < -0.4 is 21.9 Å². The van der Waals surface area contributed by atoms with Crippen molar-refractivity contribution in [2.24, 2.45) is 0 Å². The summed E-state index contributed by atoms with van der Waals surface area (Å²) in [4.78, 5) is 49.2. The lowest BCUT2D eigenvalue weighted by atomic mass is 9.79. The summed E-state index contributed by atoms with van der Waals surface area (Å²) in [5, 5.41) is 4.30. The number of ether oxygens (including phenoxy) is 1. The maximum absolute atomic E-state index is 13.8. The standard InChI is InChI=1S/C32H34B2N6O4/c33-25-7-5-20(15-26(25)34)16-28(30(41)38-14-11-23(17-38)39-18-35-19-39)44-32(43)37-12-9-22(10-13-37)40-27-8-6-21-3-1-2-4-24(21)29(27)36-31(40)42/h1-8,15,22-23,28,35H,9-14,16-19H2,(H,36,42)/p+1.